The van der Waals surface area contributed by atoms with Crippen LogP contribution in [0.4, 0.5) is 0 Å². The van der Waals surface area contributed by atoms with Crippen molar-refractivity contribution >= 4 is 0 Å². The first kappa shape index (κ1) is 54.5. The second kappa shape index (κ2) is 43.1. The van der Waals surface area contributed by atoms with Crippen molar-refractivity contribution in [3.63, 3.8) is 0 Å². The summed E-state index contributed by atoms with van der Waals surface area (Å²) in [5.74, 6) is 0. The van der Waals surface area contributed by atoms with Crippen molar-refractivity contribution in [3.05, 3.63) is 0 Å². The smallest absolute Gasteiger partial charge is 0.0781 e. The quantitative estimate of drug-likeness (QED) is 0.0680. The minimum Gasteiger partial charge on any atom is -0.394 e. The average molecular weight is 799 g/mol. The molecule has 6 unspecified atom stereocenters. The van der Waals surface area contributed by atoms with Gasteiger partial charge >= 0.3 is 0 Å². The standard InChI is InChI=1S/C42H86O13/c1-8-9-10-11-12-13-14-15-16-17-19-49-31-37(2)51-33-39(4)53-35-41(6)55-36-42(7)54-34-40(5)52-32-38(3)50-30-29-48-28-27-47-26-25-46-24-23-45-22-21-44-20-18-43/h37-43H,8-36H2,1-7H3. The van der Waals surface area contributed by atoms with Crippen LogP contribution >= 0.6 is 0 Å². The van der Waals surface area contributed by atoms with Gasteiger partial charge in [-0.25, -0.2) is 0 Å². The van der Waals surface area contributed by atoms with Crippen LogP contribution in [0.25, 0.3) is 0 Å². The van der Waals surface area contributed by atoms with Crippen molar-refractivity contribution in [1.82, 2.24) is 0 Å². The fourth-order valence-corrected chi connectivity index (χ4v) is 5.08. The van der Waals surface area contributed by atoms with E-state index in [4.69, 9.17) is 61.9 Å². The topological polar surface area (TPSA) is 131 Å². The zero-order valence-electron chi connectivity index (χ0n) is 36.3. The molecule has 0 rings (SSSR count). The lowest BCUT2D eigenvalue weighted by molar-refractivity contribution is -0.105. The van der Waals surface area contributed by atoms with Crippen molar-refractivity contribution in [2.75, 3.05) is 126 Å². The number of aliphatic hydroxyl groups is 1. The van der Waals surface area contributed by atoms with Gasteiger partial charge in [0.2, 0.25) is 0 Å². The first-order chi connectivity index (χ1) is 26.8. The summed E-state index contributed by atoms with van der Waals surface area (Å²) in [5.41, 5.74) is 0. The van der Waals surface area contributed by atoms with Gasteiger partial charge in [0.15, 0.2) is 0 Å². The molecule has 1 N–H and O–H groups in total. The third-order valence-electron chi connectivity index (χ3n) is 8.43. The molecule has 0 saturated carbocycles. The molecule has 0 aliphatic carbocycles. The third-order valence-corrected chi connectivity index (χ3v) is 8.43. The molecular formula is C42H86O13. The number of hydrogen-bond acceptors (Lipinski definition) is 13. The lowest BCUT2D eigenvalue weighted by Gasteiger charge is -2.22. The van der Waals surface area contributed by atoms with Crippen molar-refractivity contribution in [2.45, 2.75) is 149 Å². The Bertz CT molecular complexity index is 738. The maximum absolute atomic E-state index is 8.62. The van der Waals surface area contributed by atoms with E-state index in [0.29, 0.717) is 112 Å². The molecule has 0 bridgehead atoms. The van der Waals surface area contributed by atoms with Gasteiger partial charge in [-0.05, 0) is 48.0 Å². The Morgan fingerprint density at radius 3 is 0.945 bits per heavy atom. The highest BCUT2D eigenvalue weighted by Crippen LogP contribution is 2.11. The van der Waals surface area contributed by atoms with Crippen LogP contribution in [0.3, 0.4) is 0 Å². The number of aliphatic hydroxyl groups excluding tert-OH is 1. The van der Waals surface area contributed by atoms with Crippen LogP contribution in [0.1, 0.15) is 113 Å². The molecule has 13 nitrogen and oxygen atoms in total. The van der Waals surface area contributed by atoms with Gasteiger partial charge in [0, 0.05) is 6.61 Å². The van der Waals surface area contributed by atoms with Crippen molar-refractivity contribution in [2.24, 2.45) is 0 Å². The largest absolute Gasteiger partial charge is 0.394 e. The summed E-state index contributed by atoms with van der Waals surface area (Å²) >= 11 is 0. The maximum Gasteiger partial charge on any atom is 0.0781 e. The van der Waals surface area contributed by atoms with E-state index in [1.54, 1.807) is 0 Å². The second-order valence-electron chi connectivity index (χ2n) is 14.4. The molecule has 0 saturated heterocycles. The summed E-state index contributed by atoms with van der Waals surface area (Å²) in [6, 6.07) is 0. The van der Waals surface area contributed by atoms with Crippen LogP contribution in [0.2, 0.25) is 0 Å². The number of hydrogen-bond donors (Lipinski definition) is 1. The highest BCUT2D eigenvalue weighted by Gasteiger charge is 2.14. The number of rotatable bonds is 46. The molecule has 0 aromatic rings. The van der Waals surface area contributed by atoms with Gasteiger partial charge in [-0.1, -0.05) is 64.7 Å². The zero-order chi connectivity index (χ0) is 40.5. The first-order valence-electron chi connectivity index (χ1n) is 21.5. The van der Waals surface area contributed by atoms with Gasteiger partial charge in [0.25, 0.3) is 0 Å². The van der Waals surface area contributed by atoms with Gasteiger partial charge in [-0.15, -0.1) is 0 Å². The maximum atomic E-state index is 8.62. The monoisotopic (exact) mass is 799 g/mol. The molecule has 0 fully saturated rings. The lowest BCUT2D eigenvalue weighted by Crippen LogP contribution is -2.30. The van der Waals surface area contributed by atoms with E-state index in [1.165, 1.54) is 57.8 Å². The molecular weight excluding hydrogens is 712 g/mol. The highest BCUT2D eigenvalue weighted by molar-refractivity contribution is 4.59. The van der Waals surface area contributed by atoms with Crippen LogP contribution in [0.15, 0.2) is 0 Å². The second-order valence-corrected chi connectivity index (χ2v) is 14.4. The van der Waals surface area contributed by atoms with Gasteiger partial charge in [-0.2, -0.15) is 0 Å². The van der Waals surface area contributed by atoms with E-state index >= 15 is 0 Å². The summed E-state index contributed by atoms with van der Waals surface area (Å²) in [4.78, 5) is 0. The Kier molecular flexibility index (Phi) is 42.7. The minimum absolute atomic E-state index is 0.0227. The Morgan fingerprint density at radius 1 is 0.291 bits per heavy atom. The van der Waals surface area contributed by atoms with Crippen LogP contribution < -0.4 is 0 Å². The van der Waals surface area contributed by atoms with Crippen LogP contribution in [-0.2, 0) is 56.8 Å². The van der Waals surface area contributed by atoms with E-state index in [2.05, 4.69) is 13.8 Å². The number of ether oxygens (including phenoxy) is 12. The normalized spacial score (nSPS) is 15.3. The fraction of sp³-hybridized carbons (Fsp3) is 1.00. The third kappa shape index (κ3) is 42.9. The summed E-state index contributed by atoms with van der Waals surface area (Å²) in [5, 5.41) is 8.62. The highest BCUT2D eigenvalue weighted by atomic mass is 16.6. The molecule has 0 aromatic carbocycles. The van der Waals surface area contributed by atoms with E-state index in [-0.39, 0.29) is 43.2 Å². The number of unbranched alkanes of at least 4 members (excludes halogenated alkanes) is 9. The molecule has 0 heterocycles. The van der Waals surface area contributed by atoms with Crippen LogP contribution in [0.5, 0.6) is 0 Å². The minimum atomic E-state index is -0.0653. The van der Waals surface area contributed by atoms with Gasteiger partial charge in [0.05, 0.1) is 156 Å². The van der Waals surface area contributed by atoms with Crippen LogP contribution in [-0.4, -0.2) is 167 Å². The summed E-state index contributed by atoms with van der Waals surface area (Å²) in [7, 11) is 0. The molecule has 0 spiro atoms. The molecule has 0 radical (unpaired) electrons. The van der Waals surface area contributed by atoms with E-state index in [0.717, 1.165) is 13.0 Å². The van der Waals surface area contributed by atoms with E-state index < -0.39 is 0 Å². The molecule has 332 valence electrons. The molecule has 0 aliphatic rings. The summed E-state index contributed by atoms with van der Waals surface area (Å²) in [6.07, 6.45) is 13.1. The predicted octanol–water partition coefficient (Wildman–Crippen LogP) is 6.43. The molecule has 6 atom stereocenters. The summed E-state index contributed by atoms with van der Waals surface area (Å²) in [6.45, 7) is 23.5. The van der Waals surface area contributed by atoms with Crippen molar-refractivity contribution in [3.8, 4) is 0 Å². The average Bonchev–Trinajstić information content (AvgIpc) is 3.18. The van der Waals surface area contributed by atoms with Crippen molar-refractivity contribution < 1.29 is 61.9 Å². The fourth-order valence-electron chi connectivity index (χ4n) is 5.08. The molecule has 0 aromatic heterocycles. The molecule has 13 heteroatoms. The molecule has 0 amide bonds. The van der Waals surface area contributed by atoms with Crippen molar-refractivity contribution in [1.29, 1.82) is 0 Å². The van der Waals surface area contributed by atoms with Gasteiger partial charge in [0.1, 0.15) is 0 Å². The first-order valence-corrected chi connectivity index (χ1v) is 21.5. The Hall–Kier alpha value is -0.520. The zero-order valence-corrected chi connectivity index (χ0v) is 36.3. The Labute approximate surface area is 336 Å². The lowest BCUT2D eigenvalue weighted by atomic mass is 10.1. The predicted molar refractivity (Wildman–Crippen MR) is 216 cm³/mol. The Morgan fingerprint density at radius 2 is 0.582 bits per heavy atom. The molecule has 55 heavy (non-hydrogen) atoms. The van der Waals surface area contributed by atoms with E-state index in [1.807, 2.05) is 34.6 Å². The molecule has 0 aliphatic heterocycles. The van der Waals surface area contributed by atoms with E-state index in [9.17, 15) is 0 Å². The van der Waals surface area contributed by atoms with Gasteiger partial charge in [-0.3, -0.25) is 0 Å². The Balaban J connectivity index is 3.59. The SMILES string of the molecule is CCCCCCCCCCCCOCC(C)OCC(C)OCC(C)OCC(C)OCC(C)OCC(C)OCCOCCOCCOCCOCCOCCO. The van der Waals surface area contributed by atoms with Gasteiger partial charge < -0.3 is 61.9 Å². The summed E-state index contributed by atoms with van der Waals surface area (Å²) < 4.78 is 68.3. The van der Waals surface area contributed by atoms with Crippen LogP contribution in [0, 0.1) is 0 Å².